The fraction of sp³-hybridized carbons (Fsp3) is 0.357. The Morgan fingerprint density at radius 2 is 1.71 bits per heavy atom. The van der Waals surface area contributed by atoms with Crippen molar-refractivity contribution in [2.24, 2.45) is 5.84 Å². The molecule has 2 aromatic rings. The second-order valence-corrected chi connectivity index (χ2v) is 4.80. The molecule has 3 N–H and O–H groups in total. The number of nitrogen functional groups attached to an aromatic ring is 1. The highest BCUT2D eigenvalue weighted by atomic mass is 15.4. The van der Waals surface area contributed by atoms with Crippen LogP contribution in [0.4, 0.5) is 17.8 Å². The number of aromatic nitrogens is 3. The first-order valence-corrected chi connectivity index (χ1v) is 6.83. The Labute approximate surface area is 124 Å². The third-order valence-electron chi connectivity index (χ3n) is 3.02. The molecule has 0 aliphatic rings. The molecule has 0 fully saturated rings. The van der Waals surface area contributed by atoms with E-state index in [2.05, 4.69) is 44.3 Å². The molecule has 0 amide bonds. The number of anilines is 3. The van der Waals surface area contributed by atoms with Gasteiger partial charge in [-0.2, -0.15) is 15.0 Å². The zero-order chi connectivity index (χ0) is 15.2. The highest BCUT2D eigenvalue weighted by molar-refractivity contribution is 5.44. The largest absolute Gasteiger partial charge is 0.347 e. The van der Waals surface area contributed by atoms with E-state index in [0.29, 0.717) is 17.8 Å². The van der Waals surface area contributed by atoms with Gasteiger partial charge in [-0.25, -0.2) is 5.84 Å². The van der Waals surface area contributed by atoms with E-state index in [1.807, 2.05) is 37.2 Å². The lowest BCUT2D eigenvalue weighted by molar-refractivity contribution is 0.780. The molecule has 2 rings (SSSR count). The maximum Gasteiger partial charge on any atom is 0.243 e. The molecule has 7 nitrogen and oxygen atoms in total. The van der Waals surface area contributed by atoms with Crippen LogP contribution >= 0.6 is 0 Å². The standard InChI is InChI=1S/C14H21N7/c1-4-21(10-11-8-6-5-7-9-11)14-17-12(19-15)16-13(18-14)20(2)3/h5-9H,4,10,15H2,1-3H3,(H,16,17,18,19). The molecule has 0 aliphatic heterocycles. The van der Waals surface area contributed by atoms with Crippen molar-refractivity contribution >= 4 is 17.8 Å². The molecule has 0 aliphatic carbocycles. The van der Waals surface area contributed by atoms with Crippen molar-refractivity contribution in [3.8, 4) is 0 Å². The van der Waals surface area contributed by atoms with Gasteiger partial charge in [-0.15, -0.1) is 0 Å². The Morgan fingerprint density at radius 3 is 2.29 bits per heavy atom. The van der Waals surface area contributed by atoms with Crippen LogP contribution in [-0.4, -0.2) is 35.6 Å². The van der Waals surface area contributed by atoms with E-state index >= 15 is 0 Å². The predicted molar refractivity (Wildman–Crippen MR) is 85.1 cm³/mol. The minimum atomic E-state index is 0.357. The average molecular weight is 287 g/mol. The van der Waals surface area contributed by atoms with Crippen molar-refractivity contribution in [2.45, 2.75) is 13.5 Å². The summed E-state index contributed by atoms with van der Waals surface area (Å²) >= 11 is 0. The number of rotatable bonds is 6. The van der Waals surface area contributed by atoms with E-state index in [9.17, 15) is 0 Å². The Hall–Kier alpha value is -2.41. The molecular weight excluding hydrogens is 266 g/mol. The zero-order valence-electron chi connectivity index (χ0n) is 12.6. The van der Waals surface area contributed by atoms with Crippen molar-refractivity contribution in [1.82, 2.24) is 15.0 Å². The van der Waals surface area contributed by atoms with Crippen molar-refractivity contribution < 1.29 is 0 Å². The number of hydrazine groups is 1. The summed E-state index contributed by atoms with van der Waals surface area (Å²) in [6.45, 7) is 3.59. The van der Waals surface area contributed by atoms with Crippen molar-refractivity contribution in [2.75, 3.05) is 35.9 Å². The molecule has 1 heterocycles. The molecule has 21 heavy (non-hydrogen) atoms. The minimum absolute atomic E-state index is 0.357. The van der Waals surface area contributed by atoms with E-state index < -0.39 is 0 Å². The first-order valence-electron chi connectivity index (χ1n) is 6.83. The Bertz CT molecular complexity index is 571. The molecule has 1 aromatic carbocycles. The van der Waals surface area contributed by atoms with Gasteiger partial charge in [-0.1, -0.05) is 30.3 Å². The molecule has 0 bridgehead atoms. The molecule has 0 unspecified atom stereocenters. The van der Waals surface area contributed by atoms with Crippen LogP contribution in [-0.2, 0) is 6.54 Å². The van der Waals surface area contributed by atoms with Gasteiger partial charge in [-0.05, 0) is 12.5 Å². The maximum atomic E-state index is 5.44. The summed E-state index contributed by atoms with van der Waals surface area (Å²) in [5.41, 5.74) is 3.69. The van der Waals surface area contributed by atoms with Gasteiger partial charge in [0.25, 0.3) is 0 Å². The molecule has 0 saturated carbocycles. The maximum absolute atomic E-state index is 5.44. The molecule has 7 heteroatoms. The number of nitrogens with two attached hydrogens (primary N) is 1. The number of hydrogen-bond acceptors (Lipinski definition) is 7. The quantitative estimate of drug-likeness (QED) is 0.611. The number of hydrogen-bond donors (Lipinski definition) is 2. The monoisotopic (exact) mass is 287 g/mol. The van der Waals surface area contributed by atoms with Gasteiger partial charge in [0.2, 0.25) is 17.8 Å². The van der Waals surface area contributed by atoms with Crippen LogP contribution < -0.4 is 21.1 Å². The molecule has 0 spiro atoms. The summed E-state index contributed by atoms with van der Waals surface area (Å²) in [4.78, 5) is 16.9. The lowest BCUT2D eigenvalue weighted by Crippen LogP contribution is -2.27. The van der Waals surface area contributed by atoms with E-state index in [1.54, 1.807) is 0 Å². The summed E-state index contributed by atoms with van der Waals surface area (Å²) in [6, 6.07) is 10.2. The molecule has 0 saturated heterocycles. The van der Waals surface area contributed by atoms with Gasteiger partial charge in [0.15, 0.2) is 0 Å². The van der Waals surface area contributed by atoms with Gasteiger partial charge < -0.3 is 9.80 Å². The Morgan fingerprint density at radius 1 is 1.05 bits per heavy atom. The zero-order valence-corrected chi connectivity index (χ0v) is 12.6. The van der Waals surface area contributed by atoms with Gasteiger partial charge in [0, 0.05) is 27.2 Å². The second-order valence-electron chi connectivity index (χ2n) is 4.80. The van der Waals surface area contributed by atoms with Crippen LogP contribution in [0, 0.1) is 0 Å². The summed E-state index contributed by atoms with van der Waals surface area (Å²) in [5.74, 6) is 6.97. The van der Waals surface area contributed by atoms with Crippen LogP contribution in [0.2, 0.25) is 0 Å². The van der Waals surface area contributed by atoms with Crippen molar-refractivity contribution in [3.63, 3.8) is 0 Å². The molecule has 0 atom stereocenters. The predicted octanol–water partition coefficient (Wildman–Crippen LogP) is 1.25. The normalized spacial score (nSPS) is 10.3. The van der Waals surface area contributed by atoms with Crippen molar-refractivity contribution in [3.05, 3.63) is 35.9 Å². The summed E-state index contributed by atoms with van der Waals surface area (Å²) in [6.07, 6.45) is 0. The molecule has 1 aromatic heterocycles. The van der Waals surface area contributed by atoms with Crippen LogP contribution in [0.5, 0.6) is 0 Å². The first kappa shape index (κ1) is 15.0. The third-order valence-corrected chi connectivity index (χ3v) is 3.02. The van der Waals surface area contributed by atoms with Crippen LogP contribution in [0.1, 0.15) is 12.5 Å². The summed E-state index contributed by atoms with van der Waals surface area (Å²) < 4.78 is 0. The van der Waals surface area contributed by atoms with Crippen LogP contribution in [0.15, 0.2) is 30.3 Å². The third kappa shape index (κ3) is 3.79. The first-order chi connectivity index (χ1) is 10.1. The van der Waals surface area contributed by atoms with Gasteiger partial charge in [0.1, 0.15) is 0 Å². The lowest BCUT2D eigenvalue weighted by atomic mass is 10.2. The number of nitrogens with one attached hydrogen (secondary N) is 1. The van der Waals surface area contributed by atoms with E-state index in [4.69, 9.17) is 5.84 Å². The van der Waals surface area contributed by atoms with Gasteiger partial charge in [-0.3, -0.25) is 5.43 Å². The topological polar surface area (TPSA) is 83.2 Å². The minimum Gasteiger partial charge on any atom is -0.347 e. The van der Waals surface area contributed by atoms with Gasteiger partial charge >= 0.3 is 0 Å². The Kier molecular flexibility index (Phi) is 4.89. The van der Waals surface area contributed by atoms with Crippen LogP contribution in [0.3, 0.4) is 0 Å². The fourth-order valence-electron chi connectivity index (χ4n) is 1.89. The number of nitrogens with zero attached hydrogens (tertiary/aromatic N) is 5. The van der Waals surface area contributed by atoms with E-state index in [1.165, 1.54) is 5.56 Å². The van der Waals surface area contributed by atoms with E-state index in [0.717, 1.165) is 13.1 Å². The van der Waals surface area contributed by atoms with E-state index in [-0.39, 0.29) is 0 Å². The van der Waals surface area contributed by atoms with Gasteiger partial charge in [0.05, 0.1) is 0 Å². The average Bonchev–Trinajstić information content (AvgIpc) is 2.53. The molecular formula is C14H21N7. The fourth-order valence-corrected chi connectivity index (χ4v) is 1.89. The Balaban J connectivity index is 2.30. The lowest BCUT2D eigenvalue weighted by Gasteiger charge is -2.22. The summed E-state index contributed by atoms with van der Waals surface area (Å²) in [7, 11) is 3.76. The SMILES string of the molecule is CCN(Cc1ccccc1)c1nc(NN)nc(N(C)C)n1. The summed E-state index contributed by atoms with van der Waals surface area (Å²) in [5, 5.41) is 0. The second kappa shape index (κ2) is 6.85. The van der Waals surface area contributed by atoms with Crippen LogP contribution in [0.25, 0.3) is 0 Å². The van der Waals surface area contributed by atoms with Crippen molar-refractivity contribution in [1.29, 1.82) is 0 Å². The molecule has 0 radical (unpaired) electrons. The number of benzene rings is 1. The highest BCUT2D eigenvalue weighted by Crippen LogP contribution is 2.17. The molecule has 112 valence electrons. The smallest absolute Gasteiger partial charge is 0.243 e. The highest BCUT2D eigenvalue weighted by Gasteiger charge is 2.13.